The number of rotatable bonds is 11. The second-order valence-electron chi connectivity index (χ2n) is 7.92. The van der Waals surface area contributed by atoms with Crippen LogP contribution in [0.3, 0.4) is 0 Å². The normalized spacial score (nSPS) is 17.8. The van der Waals surface area contributed by atoms with E-state index in [2.05, 4.69) is 19.0 Å². The molecule has 0 bridgehead atoms. The number of halogens is 8. The number of nitrogens with zero attached hydrogens (tertiary/aromatic N) is 1. The fourth-order valence-corrected chi connectivity index (χ4v) is 3.88. The van der Waals surface area contributed by atoms with Crippen LogP contribution >= 0.6 is 10.2 Å². The number of hydrogen-bond donors (Lipinski definition) is 0. The third-order valence-corrected chi connectivity index (χ3v) is 5.97. The van der Waals surface area contributed by atoms with Crippen LogP contribution in [0.1, 0.15) is 37.8 Å². The number of fused-ring (bicyclic) bond motifs is 1. The van der Waals surface area contributed by atoms with E-state index in [1.54, 1.807) is 0 Å². The molecular weight excluding hydrogens is 582 g/mol. The SMILES string of the molecule is CCc1cc(S(F)(F)(F)(F)F)cc2c1OC(C(F)(F)F)C(C(=O)OC(C)OC(=O)OCCCCO[N+](=O)[O-])=C2. The van der Waals surface area contributed by atoms with Crippen LogP contribution in [0.2, 0.25) is 0 Å². The number of unbranched alkanes of at least 4 members (excludes halogenated alkanes) is 1. The Morgan fingerprint density at radius 1 is 1.10 bits per heavy atom. The van der Waals surface area contributed by atoms with Crippen molar-refractivity contribution in [2.75, 3.05) is 13.2 Å². The smallest absolute Gasteiger partial charge is 0.475 e. The van der Waals surface area contributed by atoms with Gasteiger partial charge in [-0.05, 0) is 43.0 Å². The van der Waals surface area contributed by atoms with Crippen molar-refractivity contribution in [1.29, 1.82) is 0 Å². The average Bonchev–Trinajstić information content (AvgIpc) is 2.77. The van der Waals surface area contributed by atoms with Crippen molar-refractivity contribution in [3.8, 4) is 5.75 Å². The monoisotopic (exact) mass is 603 g/mol. The van der Waals surface area contributed by atoms with Gasteiger partial charge in [-0.2, -0.15) is 13.2 Å². The van der Waals surface area contributed by atoms with Crippen molar-refractivity contribution in [3.05, 3.63) is 38.9 Å². The fourth-order valence-electron chi connectivity index (χ4n) is 3.16. The maximum Gasteiger partial charge on any atom is 0.511 e. The predicted molar refractivity (Wildman–Crippen MR) is 116 cm³/mol. The molecule has 2 rings (SSSR count). The number of esters is 1. The minimum absolute atomic E-state index is 0.0120. The maximum atomic E-state index is 13.7. The van der Waals surface area contributed by atoms with Crippen LogP contribution in [0.5, 0.6) is 5.75 Å². The molecule has 0 spiro atoms. The lowest BCUT2D eigenvalue weighted by molar-refractivity contribution is -0.757. The van der Waals surface area contributed by atoms with Gasteiger partial charge in [-0.1, -0.05) is 26.4 Å². The van der Waals surface area contributed by atoms with E-state index < -0.39 is 79.8 Å². The van der Waals surface area contributed by atoms with Gasteiger partial charge in [-0.25, -0.2) is 9.59 Å². The highest BCUT2D eigenvalue weighted by molar-refractivity contribution is 8.45. The molecule has 0 N–H and O–H groups in total. The van der Waals surface area contributed by atoms with Gasteiger partial charge >= 0.3 is 28.5 Å². The van der Waals surface area contributed by atoms with Crippen molar-refractivity contribution in [2.24, 2.45) is 0 Å². The number of aryl methyl sites for hydroxylation is 1. The zero-order valence-electron chi connectivity index (χ0n) is 20.0. The van der Waals surface area contributed by atoms with E-state index in [9.17, 15) is 52.3 Å². The third kappa shape index (κ3) is 9.03. The second kappa shape index (κ2) is 10.6. The summed E-state index contributed by atoms with van der Waals surface area (Å²) >= 11 is 0. The van der Waals surface area contributed by atoms with Gasteiger partial charge in [0.15, 0.2) is 0 Å². The first-order chi connectivity index (χ1) is 17.6. The molecule has 222 valence electrons. The minimum atomic E-state index is -10.3. The molecule has 0 aliphatic carbocycles. The molecule has 39 heavy (non-hydrogen) atoms. The molecule has 19 heteroatoms. The lowest BCUT2D eigenvalue weighted by Crippen LogP contribution is -2.41. The molecule has 0 saturated carbocycles. The van der Waals surface area contributed by atoms with Gasteiger partial charge in [0, 0.05) is 12.5 Å². The first kappa shape index (κ1) is 31.7. The van der Waals surface area contributed by atoms with Gasteiger partial charge in [0.2, 0.25) is 12.4 Å². The van der Waals surface area contributed by atoms with E-state index in [-0.39, 0.29) is 44.3 Å². The highest BCUT2D eigenvalue weighted by atomic mass is 32.5. The molecule has 1 aromatic rings. The molecule has 1 aromatic carbocycles. The number of hydrogen-bond acceptors (Lipinski definition) is 9. The molecule has 0 saturated heterocycles. The molecule has 1 aliphatic heterocycles. The highest BCUT2D eigenvalue weighted by Crippen LogP contribution is 3.02. The minimum Gasteiger partial charge on any atom is -0.475 e. The van der Waals surface area contributed by atoms with E-state index in [1.807, 2.05) is 0 Å². The molecular formula is C20H21F8NO9S. The summed E-state index contributed by atoms with van der Waals surface area (Å²) in [6.07, 6.45) is -11.6. The van der Waals surface area contributed by atoms with Crippen LogP contribution in [0, 0.1) is 10.1 Å². The van der Waals surface area contributed by atoms with Gasteiger partial charge in [0.05, 0.1) is 18.8 Å². The molecule has 2 unspecified atom stereocenters. The van der Waals surface area contributed by atoms with Gasteiger partial charge in [0.25, 0.3) is 5.09 Å². The lowest BCUT2D eigenvalue weighted by atomic mass is 9.98. The van der Waals surface area contributed by atoms with Crippen LogP contribution in [0.25, 0.3) is 6.08 Å². The van der Waals surface area contributed by atoms with Gasteiger partial charge in [-0.15, -0.1) is 10.1 Å². The Kier molecular flexibility index (Phi) is 8.59. The largest absolute Gasteiger partial charge is 0.511 e. The Hall–Kier alpha value is -3.51. The van der Waals surface area contributed by atoms with Crippen LogP contribution in [0.4, 0.5) is 37.4 Å². The molecule has 0 radical (unpaired) electrons. The van der Waals surface area contributed by atoms with Crippen molar-refractivity contribution in [3.63, 3.8) is 0 Å². The van der Waals surface area contributed by atoms with Crippen molar-refractivity contribution < 1.29 is 71.1 Å². The van der Waals surface area contributed by atoms with Crippen LogP contribution in [0.15, 0.2) is 22.6 Å². The number of carbonyl (C=O) groups excluding carboxylic acids is 2. The first-order valence-corrected chi connectivity index (χ1v) is 12.7. The van der Waals surface area contributed by atoms with E-state index >= 15 is 0 Å². The van der Waals surface area contributed by atoms with Crippen molar-refractivity contribution in [1.82, 2.24) is 0 Å². The summed E-state index contributed by atoms with van der Waals surface area (Å²) in [6.45, 7) is 1.49. The molecule has 1 aliphatic rings. The quantitative estimate of drug-likeness (QED) is 0.0684. The summed E-state index contributed by atoms with van der Waals surface area (Å²) in [4.78, 5) is 35.7. The van der Waals surface area contributed by atoms with Crippen molar-refractivity contribution in [2.45, 2.75) is 56.6 Å². The van der Waals surface area contributed by atoms with E-state index in [1.165, 1.54) is 6.92 Å². The summed E-state index contributed by atoms with van der Waals surface area (Å²) in [5, 5.41) is 8.96. The summed E-state index contributed by atoms with van der Waals surface area (Å²) in [6, 6.07) is -0.147. The number of ether oxygens (including phenoxy) is 4. The Bertz CT molecular complexity index is 1160. The molecule has 2 atom stereocenters. The van der Waals surface area contributed by atoms with Crippen LogP contribution < -0.4 is 4.74 Å². The average molecular weight is 603 g/mol. The zero-order chi connectivity index (χ0) is 29.9. The van der Waals surface area contributed by atoms with Gasteiger partial charge < -0.3 is 23.8 Å². The summed E-state index contributed by atoms with van der Waals surface area (Å²) in [5.74, 6) is -2.62. The number of alkyl halides is 3. The number of benzene rings is 1. The summed E-state index contributed by atoms with van der Waals surface area (Å²) in [5.41, 5.74) is -2.89. The van der Waals surface area contributed by atoms with Gasteiger partial charge in [-0.3, -0.25) is 0 Å². The van der Waals surface area contributed by atoms with Crippen LogP contribution in [-0.4, -0.2) is 49.0 Å². The highest BCUT2D eigenvalue weighted by Gasteiger charge is 2.66. The lowest BCUT2D eigenvalue weighted by Gasteiger charge is -2.41. The summed E-state index contributed by atoms with van der Waals surface area (Å²) in [7, 11) is -10.3. The standard InChI is InChI=1S/C20H21F8NO9S/c1-3-12-8-14(39(24,25,26,27)28)9-13-10-15(17(20(21,22)23)38-16(12)13)18(30)36-11(2)37-19(31)34-6-4-5-7-35-29(32)33/h8-11,17H,3-7H2,1-2H3. The topological polar surface area (TPSA) is 123 Å². The Morgan fingerprint density at radius 2 is 1.72 bits per heavy atom. The maximum absolute atomic E-state index is 13.7. The Balaban J connectivity index is 2.22. The number of carbonyl (C=O) groups is 2. The Labute approximate surface area is 214 Å². The molecule has 10 nitrogen and oxygen atoms in total. The van der Waals surface area contributed by atoms with E-state index in [4.69, 9.17) is 4.74 Å². The Morgan fingerprint density at radius 3 is 2.26 bits per heavy atom. The second-order valence-corrected chi connectivity index (χ2v) is 10.3. The molecule has 0 fully saturated rings. The van der Waals surface area contributed by atoms with Gasteiger partial charge in [0.1, 0.15) is 10.6 Å². The molecule has 1 heterocycles. The van der Waals surface area contributed by atoms with E-state index in [0.29, 0.717) is 0 Å². The van der Waals surface area contributed by atoms with E-state index in [0.717, 1.165) is 6.92 Å². The van der Waals surface area contributed by atoms with Crippen LogP contribution in [-0.2, 0) is 30.3 Å². The third-order valence-electron chi connectivity index (χ3n) is 4.85. The molecule has 0 amide bonds. The molecule has 0 aromatic heterocycles. The van der Waals surface area contributed by atoms with Crippen molar-refractivity contribution >= 4 is 28.4 Å². The zero-order valence-corrected chi connectivity index (χ0v) is 20.8. The first-order valence-electron chi connectivity index (χ1n) is 10.8. The summed E-state index contributed by atoms with van der Waals surface area (Å²) < 4.78 is 127. The predicted octanol–water partition coefficient (Wildman–Crippen LogP) is 6.64. The fraction of sp³-hybridized carbons (Fsp3) is 0.500.